The minimum Gasteiger partial charge on any atom is -0.369 e. The van der Waals surface area contributed by atoms with E-state index in [0.29, 0.717) is 18.8 Å². The van der Waals surface area contributed by atoms with E-state index in [1.807, 2.05) is 6.07 Å². The number of carbonyl (C=O) groups excluding carboxylic acids is 1. The minimum absolute atomic E-state index is 0.298. The predicted molar refractivity (Wildman–Crippen MR) is 94.8 cm³/mol. The number of anilines is 2. The number of rotatable bonds is 7. The topological polar surface area (TPSA) is 84.1 Å². The normalized spacial score (nSPS) is 15.2. The van der Waals surface area contributed by atoms with Crippen LogP contribution in [0, 0.1) is 11.7 Å². The first kappa shape index (κ1) is 17.1. The van der Waals surface area contributed by atoms with Crippen molar-refractivity contribution in [1.82, 2.24) is 9.97 Å². The van der Waals surface area contributed by atoms with Crippen LogP contribution in [0.2, 0.25) is 0 Å². The lowest BCUT2D eigenvalue weighted by molar-refractivity contribution is -0.121. The third-order valence-electron chi connectivity index (χ3n) is 4.41. The van der Waals surface area contributed by atoms with E-state index in [-0.39, 0.29) is 5.82 Å². The monoisotopic (exact) mass is 343 g/mol. The number of primary amides is 1. The Bertz CT molecular complexity index is 716. The molecule has 1 saturated heterocycles. The van der Waals surface area contributed by atoms with E-state index >= 15 is 0 Å². The summed E-state index contributed by atoms with van der Waals surface area (Å²) in [7, 11) is 0. The predicted octanol–water partition coefficient (Wildman–Crippen LogP) is 1.97. The molecule has 2 aromatic rings. The molecule has 1 aliphatic rings. The lowest BCUT2D eigenvalue weighted by atomic mass is 9.98. The summed E-state index contributed by atoms with van der Waals surface area (Å²) in [6.45, 7) is 2.37. The highest BCUT2D eigenvalue weighted by Crippen LogP contribution is 2.19. The highest BCUT2D eigenvalue weighted by molar-refractivity contribution is 5.77. The molecule has 1 fully saturated rings. The molecule has 3 rings (SSSR count). The number of nitrogens with zero attached hydrogens (tertiary/aromatic N) is 3. The Morgan fingerprint density at radius 1 is 1.24 bits per heavy atom. The van der Waals surface area contributed by atoms with Gasteiger partial charge in [0.05, 0.1) is 5.92 Å². The van der Waals surface area contributed by atoms with Crippen LogP contribution < -0.4 is 16.0 Å². The molecule has 0 spiro atoms. The molecule has 0 radical (unpaired) electrons. The third-order valence-corrected chi connectivity index (χ3v) is 4.41. The van der Waals surface area contributed by atoms with Gasteiger partial charge in [-0.25, -0.2) is 14.4 Å². The van der Waals surface area contributed by atoms with Crippen molar-refractivity contribution < 1.29 is 9.18 Å². The van der Waals surface area contributed by atoms with Gasteiger partial charge in [-0.3, -0.25) is 4.79 Å². The molecular weight excluding hydrogens is 321 g/mol. The standard InChI is InChI=1S/C18H22FN5O/c19-15-5-3-13(4-6-15)9-14(18(20)25)11-21-16-10-17(23-12-22-16)24-7-1-2-8-24/h3-6,10,12,14H,1-2,7-9,11H2,(H2,20,25)(H,21,22,23)/t14-/m1/s1. The molecule has 1 atom stereocenters. The number of hydrogen-bond acceptors (Lipinski definition) is 5. The summed E-state index contributed by atoms with van der Waals surface area (Å²) in [5.41, 5.74) is 6.38. The molecule has 0 aliphatic carbocycles. The first-order valence-electron chi connectivity index (χ1n) is 8.46. The van der Waals surface area contributed by atoms with Gasteiger partial charge in [-0.05, 0) is 37.0 Å². The van der Waals surface area contributed by atoms with Gasteiger partial charge in [0.1, 0.15) is 23.8 Å². The van der Waals surface area contributed by atoms with E-state index in [0.717, 1.165) is 24.5 Å². The number of amides is 1. The van der Waals surface area contributed by atoms with Crippen LogP contribution in [0.15, 0.2) is 36.7 Å². The van der Waals surface area contributed by atoms with Gasteiger partial charge in [0.25, 0.3) is 0 Å². The maximum Gasteiger partial charge on any atom is 0.222 e. The van der Waals surface area contributed by atoms with Crippen molar-refractivity contribution in [3.05, 3.63) is 48.0 Å². The highest BCUT2D eigenvalue weighted by atomic mass is 19.1. The molecule has 6 nitrogen and oxygen atoms in total. The Labute approximate surface area is 146 Å². The molecule has 0 bridgehead atoms. The number of halogens is 1. The van der Waals surface area contributed by atoms with Crippen LogP contribution in [-0.4, -0.2) is 35.5 Å². The average Bonchev–Trinajstić information content (AvgIpc) is 3.15. The maximum absolute atomic E-state index is 13.0. The second-order valence-corrected chi connectivity index (χ2v) is 6.27. The van der Waals surface area contributed by atoms with Crippen molar-refractivity contribution in [2.75, 3.05) is 29.9 Å². The van der Waals surface area contributed by atoms with Gasteiger partial charge in [-0.1, -0.05) is 12.1 Å². The SMILES string of the molecule is NC(=O)[C@@H](CNc1cc(N2CCCC2)ncn1)Cc1ccc(F)cc1. The zero-order chi connectivity index (χ0) is 17.6. The van der Waals surface area contributed by atoms with E-state index < -0.39 is 11.8 Å². The van der Waals surface area contributed by atoms with Crippen molar-refractivity contribution in [1.29, 1.82) is 0 Å². The number of hydrogen-bond donors (Lipinski definition) is 2. The molecule has 132 valence electrons. The van der Waals surface area contributed by atoms with E-state index in [1.165, 1.54) is 31.3 Å². The van der Waals surface area contributed by atoms with Crippen molar-refractivity contribution >= 4 is 17.5 Å². The number of carbonyl (C=O) groups is 1. The van der Waals surface area contributed by atoms with E-state index in [1.54, 1.807) is 12.1 Å². The first-order chi connectivity index (χ1) is 12.1. The van der Waals surface area contributed by atoms with E-state index in [4.69, 9.17) is 5.73 Å². The van der Waals surface area contributed by atoms with Crippen LogP contribution in [0.1, 0.15) is 18.4 Å². The Morgan fingerprint density at radius 3 is 2.64 bits per heavy atom. The van der Waals surface area contributed by atoms with Gasteiger partial charge < -0.3 is 16.0 Å². The Hall–Kier alpha value is -2.70. The van der Waals surface area contributed by atoms with Gasteiger partial charge in [0.2, 0.25) is 5.91 Å². The molecule has 2 heterocycles. The fourth-order valence-electron chi connectivity index (χ4n) is 2.97. The summed E-state index contributed by atoms with van der Waals surface area (Å²) < 4.78 is 13.0. The second-order valence-electron chi connectivity index (χ2n) is 6.27. The lowest BCUT2D eigenvalue weighted by Crippen LogP contribution is -2.31. The highest BCUT2D eigenvalue weighted by Gasteiger charge is 2.17. The van der Waals surface area contributed by atoms with Crippen LogP contribution in [0.5, 0.6) is 0 Å². The molecule has 1 aromatic heterocycles. The summed E-state index contributed by atoms with van der Waals surface area (Å²) in [5.74, 6) is 0.459. The summed E-state index contributed by atoms with van der Waals surface area (Å²) in [5, 5.41) is 3.17. The largest absolute Gasteiger partial charge is 0.369 e. The Morgan fingerprint density at radius 2 is 1.96 bits per heavy atom. The van der Waals surface area contributed by atoms with E-state index in [9.17, 15) is 9.18 Å². The molecule has 1 aromatic carbocycles. The van der Waals surface area contributed by atoms with Gasteiger partial charge in [0.15, 0.2) is 0 Å². The van der Waals surface area contributed by atoms with Crippen molar-refractivity contribution in [2.45, 2.75) is 19.3 Å². The summed E-state index contributed by atoms with van der Waals surface area (Å²) in [4.78, 5) is 22.5. The fourth-order valence-corrected chi connectivity index (χ4v) is 2.97. The molecule has 0 saturated carbocycles. The smallest absolute Gasteiger partial charge is 0.222 e. The first-order valence-corrected chi connectivity index (χ1v) is 8.46. The third kappa shape index (κ3) is 4.65. The van der Waals surface area contributed by atoms with Crippen LogP contribution >= 0.6 is 0 Å². The van der Waals surface area contributed by atoms with Gasteiger partial charge >= 0.3 is 0 Å². The molecular formula is C18H22FN5O. The van der Waals surface area contributed by atoms with Gasteiger partial charge in [-0.2, -0.15) is 0 Å². The van der Waals surface area contributed by atoms with Crippen LogP contribution in [0.3, 0.4) is 0 Å². The fraction of sp³-hybridized carbons (Fsp3) is 0.389. The second kappa shape index (κ2) is 7.92. The van der Waals surface area contributed by atoms with Gasteiger partial charge in [-0.15, -0.1) is 0 Å². The molecule has 0 unspecified atom stereocenters. The zero-order valence-electron chi connectivity index (χ0n) is 14.0. The Kier molecular flexibility index (Phi) is 5.42. The number of benzene rings is 1. The molecule has 7 heteroatoms. The molecule has 3 N–H and O–H groups in total. The molecule has 25 heavy (non-hydrogen) atoms. The van der Waals surface area contributed by atoms with Gasteiger partial charge in [0, 0.05) is 25.7 Å². The van der Waals surface area contributed by atoms with Crippen molar-refractivity contribution in [3.8, 4) is 0 Å². The number of aromatic nitrogens is 2. The lowest BCUT2D eigenvalue weighted by Gasteiger charge is -2.18. The van der Waals surface area contributed by atoms with Crippen molar-refractivity contribution in [2.24, 2.45) is 11.7 Å². The number of nitrogens with two attached hydrogens (primary N) is 1. The van der Waals surface area contributed by atoms with Crippen LogP contribution in [0.25, 0.3) is 0 Å². The summed E-state index contributed by atoms with van der Waals surface area (Å²) in [6.07, 6.45) is 4.32. The zero-order valence-corrected chi connectivity index (χ0v) is 14.0. The van der Waals surface area contributed by atoms with Crippen LogP contribution in [-0.2, 0) is 11.2 Å². The number of nitrogens with one attached hydrogen (secondary N) is 1. The van der Waals surface area contributed by atoms with E-state index in [2.05, 4.69) is 20.2 Å². The minimum atomic E-state index is -0.407. The van der Waals surface area contributed by atoms with Crippen molar-refractivity contribution in [3.63, 3.8) is 0 Å². The summed E-state index contributed by atoms with van der Waals surface area (Å²) in [6, 6.07) is 7.99. The van der Waals surface area contributed by atoms with Crippen LogP contribution in [0.4, 0.5) is 16.0 Å². The Balaban J connectivity index is 1.62. The molecule has 1 amide bonds. The average molecular weight is 343 g/mol. The quantitative estimate of drug-likeness (QED) is 0.803. The summed E-state index contributed by atoms with van der Waals surface area (Å²) >= 11 is 0. The molecule has 1 aliphatic heterocycles. The maximum atomic E-state index is 13.0.